The van der Waals surface area contributed by atoms with Crippen LogP contribution in [0, 0.1) is 17.8 Å². The summed E-state index contributed by atoms with van der Waals surface area (Å²) in [5.41, 5.74) is 2.48. The van der Waals surface area contributed by atoms with Gasteiger partial charge in [0.05, 0.1) is 23.3 Å². The van der Waals surface area contributed by atoms with E-state index in [-0.39, 0.29) is 42.6 Å². The predicted molar refractivity (Wildman–Crippen MR) is 166 cm³/mol. The number of benzene rings is 2. The van der Waals surface area contributed by atoms with E-state index in [0.29, 0.717) is 30.6 Å². The van der Waals surface area contributed by atoms with E-state index in [0.717, 1.165) is 54.0 Å². The Bertz CT molecular complexity index is 1410. The Hall–Kier alpha value is -2.52. The molecule has 1 saturated carbocycles. The number of ether oxygens (including phenoxy) is 1. The molecule has 2 aliphatic rings. The van der Waals surface area contributed by atoms with Gasteiger partial charge in [-0.25, -0.2) is 0 Å². The fourth-order valence-electron chi connectivity index (χ4n) is 6.06. The Morgan fingerprint density at radius 3 is 2.31 bits per heavy atom. The molecular weight excluding hydrogens is 586 g/mol. The quantitative estimate of drug-likeness (QED) is 0.262. The number of nitrogens with zero attached hydrogens (tertiary/aromatic N) is 3. The highest BCUT2D eigenvalue weighted by molar-refractivity contribution is 5.98. The number of para-hydroxylation sites is 1. The first-order valence-electron chi connectivity index (χ1n) is 14.0. The van der Waals surface area contributed by atoms with Crippen LogP contribution in [0.3, 0.4) is 0 Å². The molecule has 0 N–H and O–H groups in total. The Balaban J connectivity index is 0.00000242. The maximum atomic E-state index is 13.3. The molecule has 5 nitrogen and oxygen atoms in total. The lowest BCUT2D eigenvalue weighted by molar-refractivity contribution is -0.137. The van der Waals surface area contributed by atoms with Gasteiger partial charge in [-0.1, -0.05) is 38.1 Å². The minimum atomic E-state index is -4.40. The largest absolute Gasteiger partial charge is 0.497 e. The van der Waals surface area contributed by atoms with Crippen molar-refractivity contribution in [2.45, 2.75) is 45.5 Å². The molecule has 2 heterocycles. The molecule has 4 unspecified atom stereocenters. The highest BCUT2D eigenvalue weighted by Gasteiger charge is 2.41. The third-order valence-electron chi connectivity index (χ3n) is 8.68. The van der Waals surface area contributed by atoms with Gasteiger partial charge in [-0.15, -0.1) is 24.8 Å². The van der Waals surface area contributed by atoms with Gasteiger partial charge in [0.25, 0.3) is 0 Å². The number of fused-ring (bicyclic) bond motifs is 2. The third kappa shape index (κ3) is 7.33. The summed E-state index contributed by atoms with van der Waals surface area (Å²) in [5.74, 6) is 1.30. The van der Waals surface area contributed by atoms with Crippen LogP contribution in [0.4, 0.5) is 13.2 Å². The van der Waals surface area contributed by atoms with Gasteiger partial charge in [-0.3, -0.25) is 4.79 Å². The van der Waals surface area contributed by atoms with Crippen molar-refractivity contribution in [2.24, 2.45) is 17.8 Å². The van der Waals surface area contributed by atoms with Crippen LogP contribution in [0.2, 0.25) is 0 Å². The van der Waals surface area contributed by atoms with Crippen molar-refractivity contribution in [1.29, 1.82) is 0 Å². The van der Waals surface area contributed by atoms with Crippen molar-refractivity contribution < 1.29 is 22.7 Å². The van der Waals surface area contributed by atoms with Gasteiger partial charge in [-0.05, 0) is 68.6 Å². The van der Waals surface area contributed by atoms with Gasteiger partial charge in [0.1, 0.15) is 6.10 Å². The lowest BCUT2D eigenvalue weighted by Gasteiger charge is -2.40. The number of likely N-dealkylation sites (N-methyl/N-ethyl adjacent to an activating group) is 2. The van der Waals surface area contributed by atoms with Crippen LogP contribution < -0.4 is 0 Å². The van der Waals surface area contributed by atoms with E-state index >= 15 is 0 Å². The van der Waals surface area contributed by atoms with E-state index in [9.17, 15) is 18.0 Å². The summed E-state index contributed by atoms with van der Waals surface area (Å²) in [4.78, 5) is 17.5. The van der Waals surface area contributed by atoms with Crippen LogP contribution in [0.1, 0.15) is 37.8 Å². The molecule has 0 saturated heterocycles. The van der Waals surface area contributed by atoms with E-state index in [1.54, 1.807) is 12.3 Å². The Kier molecular flexibility index (Phi) is 11.2. The summed E-state index contributed by atoms with van der Waals surface area (Å²) in [7, 11) is 4.05. The first-order valence-corrected chi connectivity index (χ1v) is 14.0. The summed E-state index contributed by atoms with van der Waals surface area (Å²) in [6.07, 6.45) is 1.07. The van der Waals surface area contributed by atoms with E-state index in [1.807, 2.05) is 49.1 Å². The molecule has 5 rings (SSSR count). The normalized spacial score (nSPS) is 22.3. The monoisotopic (exact) mass is 625 g/mol. The number of alkyl halides is 3. The molecule has 1 aliphatic carbocycles. The number of Topliss-reactive ketones (excluding diaryl/α,β-unsaturated/α-hetero) is 1. The fraction of sp³-hybridized carbons (Fsp3) is 0.469. The van der Waals surface area contributed by atoms with Gasteiger partial charge in [0.15, 0.2) is 5.78 Å². The number of ketones is 1. The first-order chi connectivity index (χ1) is 19.0. The first kappa shape index (κ1) is 34.0. The number of rotatable bonds is 8. The number of hydrogen-bond acceptors (Lipinski definition) is 4. The van der Waals surface area contributed by atoms with Gasteiger partial charge < -0.3 is 19.1 Å². The van der Waals surface area contributed by atoms with Crippen molar-refractivity contribution in [3.63, 3.8) is 0 Å². The van der Waals surface area contributed by atoms with Crippen LogP contribution in [0.15, 0.2) is 66.6 Å². The van der Waals surface area contributed by atoms with E-state index in [4.69, 9.17) is 4.74 Å². The van der Waals surface area contributed by atoms with Crippen molar-refractivity contribution in [2.75, 3.05) is 33.7 Å². The lowest BCUT2D eigenvalue weighted by atomic mass is 9.71. The average molecular weight is 627 g/mol. The molecule has 1 aliphatic heterocycles. The van der Waals surface area contributed by atoms with Gasteiger partial charge >= 0.3 is 6.18 Å². The second-order valence-electron chi connectivity index (χ2n) is 11.8. The number of halogens is 5. The van der Waals surface area contributed by atoms with Gasteiger partial charge in [0.2, 0.25) is 0 Å². The SMILES string of the molecule is CC1CC2OC=C(CN(C)CCN(C)Cc3cn(-c4cccc(C(F)(F)F)c4)c4ccccc34)C(=O)C2CC1C.Cl.Cl. The molecule has 2 aromatic carbocycles. The maximum absolute atomic E-state index is 13.3. The zero-order chi connectivity index (χ0) is 28.6. The molecule has 1 fully saturated rings. The zero-order valence-corrected chi connectivity index (χ0v) is 26.1. The van der Waals surface area contributed by atoms with Crippen LogP contribution in [-0.2, 0) is 22.3 Å². The smallest absolute Gasteiger partial charge is 0.416 e. The molecule has 0 bridgehead atoms. The molecule has 4 atom stereocenters. The van der Waals surface area contributed by atoms with E-state index in [2.05, 4.69) is 23.6 Å². The number of aromatic nitrogens is 1. The molecule has 3 aromatic rings. The topological polar surface area (TPSA) is 37.7 Å². The highest BCUT2D eigenvalue weighted by atomic mass is 35.5. The van der Waals surface area contributed by atoms with Crippen molar-refractivity contribution in [3.8, 4) is 5.69 Å². The molecule has 0 radical (unpaired) electrons. The molecule has 1 aromatic heterocycles. The fourth-order valence-corrected chi connectivity index (χ4v) is 6.06. The predicted octanol–water partition coefficient (Wildman–Crippen LogP) is 7.39. The molecule has 230 valence electrons. The molecular formula is C32H40Cl2F3N3O2. The van der Waals surface area contributed by atoms with Gasteiger partial charge in [0, 0.05) is 49.0 Å². The second kappa shape index (κ2) is 13.8. The average Bonchev–Trinajstić information content (AvgIpc) is 3.28. The van der Waals surface area contributed by atoms with Crippen LogP contribution >= 0.6 is 24.8 Å². The Labute approximate surface area is 258 Å². The molecule has 10 heteroatoms. The zero-order valence-electron chi connectivity index (χ0n) is 24.4. The summed E-state index contributed by atoms with van der Waals surface area (Å²) < 4.78 is 47.9. The van der Waals surface area contributed by atoms with Crippen LogP contribution in [0.5, 0.6) is 0 Å². The summed E-state index contributed by atoms with van der Waals surface area (Å²) >= 11 is 0. The lowest BCUT2D eigenvalue weighted by Crippen LogP contribution is -2.43. The number of carbonyl (C=O) groups excluding carboxylic acids is 1. The van der Waals surface area contributed by atoms with E-state index in [1.165, 1.54) is 12.1 Å². The van der Waals surface area contributed by atoms with Crippen molar-refractivity contribution in [3.05, 3.63) is 77.7 Å². The van der Waals surface area contributed by atoms with Crippen LogP contribution in [-0.4, -0.2) is 60.0 Å². The van der Waals surface area contributed by atoms with Crippen molar-refractivity contribution in [1.82, 2.24) is 14.4 Å². The Morgan fingerprint density at radius 2 is 1.60 bits per heavy atom. The number of hydrogen-bond donors (Lipinski definition) is 0. The highest BCUT2D eigenvalue weighted by Crippen LogP contribution is 2.39. The molecule has 42 heavy (non-hydrogen) atoms. The summed E-state index contributed by atoms with van der Waals surface area (Å²) in [6, 6.07) is 13.2. The summed E-state index contributed by atoms with van der Waals surface area (Å²) in [5, 5.41) is 1.01. The minimum Gasteiger partial charge on any atom is -0.497 e. The molecule has 0 amide bonds. The maximum Gasteiger partial charge on any atom is 0.416 e. The Morgan fingerprint density at radius 1 is 0.929 bits per heavy atom. The third-order valence-corrected chi connectivity index (χ3v) is 8.68. The van der Waals surface area contributed by atoms with Gasteiger partial charge in [-0.2, -0.15) is 13.2 Å². The molecule has 0 spiro atoms. The second-order valence-corrected chi connectivity index (χ2v) is 11.8. The standard InChI is InChI=1S/C32H38F3N3O2.2ClH/c1-21-14-28-30(15-22(21)2)40-20-24(31(28)39)18-37(4)13-12-36(3)17-23-19-38(29-11-6-5-10-27(23)29)26-9-7-8-25(16-26)32(33,34)35;;/h5-11,16,19-22,28,30H,12-15,17-18H2,1-4H3;2*1H. The summed E-state index contributed by atoms with van der Waals surface area (Å²) in [6.45, 7) is 7.18. The number of carbonyl (C=O) groups is 1. The van der Waals surface area contributed by atoms with E-state index < -0.39 is 11.7 Å². The van der Waals surface area contributed by atoms with Crippen LogP contribution in [0.25, 0.3) is 16.6 Å². The minimum absolute atomic E-state index is 0. The van der Waals surface area contributed by atoms with Crippen molar-refractivity contribution >= 4 is 41.5 Å².